The van der Waals surface area contributed by atoms with Crippen LogP contribution in [-0.4, -0.2) is 12.1 Å². The van der Waals surface area contributed by atoms with E-state index in [-0.39, 0.29) is 11.3 Å². The molecule has 0 unspecified atom stereocenters. The highest BCUT2D eigenvalue weighted by Crippen LogP contribution is 2.24. The van der Waals surface area contributed by atoms with Crippen LogP contribution in [0.25, 0.3) is 10.9 Å². The van der Waals surface area contributed by atoms with Crippen molar-refractivity contribution < 1.29 is 4.74 Å². The van der Waals surface area contributed by atoms with E-state index in [1.54, 1.807) is 7.11 Å². The van der Waals surface area contributed by atoms with Crippen LogP contribution in [-0.2, 0) is 0 Å². The van der Waals surface area contributed by atoms with Crippen LogP contribution in [0.4, 0.5) is 0 Å². The Morgan fingerprint density at radius 3 is 2.44 bits per heavy atom. The lowest BCUT2D eigenvalue weighted by Gasteiger charge is -2.13. The quantitative estimate of drug-likeness (QED) is 0.882. The van der Waals surface area contributed by atoms with Gasteiger partial charge in [0, 0.05) is 16.6 Å². The molecule has 0 atom stereocenters. The third-order valence-corrected chi connectivity index (χ3v) is 3.33. The topological polar surface area (TPSA) is 42.1 Å². The number of rotatable bonds is 2. The second-order valence-corrected chi connectivity index (χ2v) is 5.01. The van der Waals surface area contributed by atoms with Crippen molar-refractivity contribution in [1.29, 1.82) is 0 Å². The summed E-state index contributed by atoms with van der Waals surface area (Å²) in [6, 6.07) is 3.75. The summed E-state index contributed by atoms with van der Waals surface area (Å²) in [6.45, 7) is 8.02. The van der Waals surface area contributed by atoms with Gasteiger partial charge in [0.1, 0.15) is 5.75 Å². The van der Waals surface area contributed by atoms with Gasteiger partial charge in [0.05, 0.1) is 12.6 Å². The molecular formula is C15H19NO2. The number of fused-ring (bicyclic) bond motifs is 1. The number of nitrogens with one attached hydrogen (secondary N) is 1. The van der Waals surface area contributed by atoms with Gasteiger partial charge in [0.2, 0.25) is 0 Å². The number of aryl methyl sites for hydroxylation is 2. The average molecular weight is 245 g/mol. The Bertz CT molecular complexity index is 654. The van der Waals surface area contributed by atoms with Crippen LogP contribution in [0, 0.1) is 13.8 Å². The Hall–Kier alpha value is -1.77. The second kappa shape index (κ2) is 4.48. The molecule has 0 aliphatic rings. The van der Waals surface area contributed by atoms with Crippen LogP contribution in [0.2, 0.25) is 0 Å². The van der Waals surface area contributed by atoms with E-state index in [2.05, 4.69) is 4.98 Å². The first-order valence-electron chi connectivity index (χ1n) is 6.16. The molecule has 0 amide bonds. The molecule has 3 heteroatoms. The first-order valence-corrected chi connectivity index (χ1v) is 6.16. The van der Waals surface area contributed by atoms with Crippen molar-refractivity contribution in [2.45, 2.75) is 33.6 Å². The fraction of sp³-hybridized carbons (Fsp3) is 0.400. The highest BCUT2D eigenvalue weighted by molar-refractivity contribution is 5.84. The number of hydrogen-bond acceptors (Lipinski definition) is 2. The number of pyridine rings is 1. The molecule has 0 aliphatic heterocycles. The van der Waals surface area contributed by atoms with Crippen molar-refractivity contribution in [3.8, 4) is 5.75 Å². The highest BCUT2D eigenvalue weighted by atomic mass is 16.5. The van der Waals surface area contributed by atoms with Crippen LogP contribution < -0.4 is 10.2 Å². The van der Waals surface area contributed by atoms with Crippen LogP contribution in [0.1, 0.15) is 36.6 Å². The smallest absolute Gasteiger partial charge is 0.193 e. The number of aromatic amines is 1. The molecule has 0 saturated carbocycles. The molecule has 0 saturated heterocycles. The summed E-state index contributed by atoms with van der Waals surface area (Å²) in [5.74, 6) is 0.939. The summed E-state index contributed by atoms with van der Waals surface area (Å²) < 4.78 is 5.24. The van der Waals surface area contributed by atoms with Crippen molar-refractivity contribution in [2.24, 2.45) is 0 Å². The predicted molar refractivity (Wildman–Crippen MR) is 74.7 cm³/mol. The van der Waals surface area contributed by atoms with Crippen molar-refractivity contribution in [1.82, 2.24) is 4.98 Å². The maximum absolute atomic E-state index is 12.5. The number of hydrogen-bond donors (Lipinski definition) is 1. The maximum Gasteiger partial charge on any atom is 0.193 e. The Balaban J connectivity index is 2.92. The largest absolute Gasteiger partial charge is 0.497 e. The van der Waals surface area contributed by atoms with Gasteiger partial charge in [-0.1, -0.05) is 13.8 Å². The highest BCUT2D eigenvalue weighted by Gasteiger charge is 2.14. The monoisotopic (exact) mass is 245 g/mol. The Morgan fingerprint density at radius 2 is 1.89 bits per heavy atom. The van der Waals surface area contributed by atoms with Crippen LogP contribution in [0.3, 0.4) is 0 Å². The van der Waals surface area contributed by atoms with E-state index < -0.39 is 0 Å². The van der Waals surface area contributed by atoms with Gasteiger partial charge in [0.25, 0.3) is 0 Å². The third kappa shape index (κ3) is 1.90. The molecule has 0 spiro atoms. The number of H-pyrrole nitrogens is 1. The molecule has 96 valence electrons. The Morgan fingerprint density at radius 1 is 1.22 bits per heavy atom. The summed E-state index contributed by atoms with van der Waals surface area (Å²) >= 11 is 0. The van der Waals surface area contributed by atoms with E-state index in [1.165, 1.54) is 0 Å². The van der Waals surface area contributed by atoms with Crippen molar-refractivity contribution in [3.05, 3.63) is 39.2 Å². The second-order valence-electron chi connectivity index (χ2n) is 5.01. The van der Waals surface area contributed by atoms with Crippen molar-refractivity contribution >= 4 is 10.9 Å². The molecule has 2 aromatic rings. The number of ether oxygens (including phenoxy) is 1. The van der Waals surface area contributed by atoms with Gasteiger partial charge in [-0.2, -0.15) is 0 Å². The Kier molecular flexibility index (Phi) is 3.16. The molecule has 0 aliphatic carbocycles. The molecule has 1 aromatic carbocycles. The van der Waals surface area contributed by atoms with E-state index in [0.717, 1.165) is 28.1 Å². The fourth-order valence-electron chi connectivity index (χ4n) is 2.48. The van der Waals surface area contributed by atoms with Gasteiger partial charge in [-0.15, -0.1) is 0 Å². The van der Waals surface area contributed by atoms with Gasteiger partial charge in [-0.3, -0.25) is 4.79 Å². The van der Waals surface area contributed by atoms with Gasteiger partial charge < -0.3 is 9.72 Å². The normalized spacial score (nSPS) is 11.2. The zero-order valence-corrected chi connectivity index (χ0v) is 11.5. The molecule has 2 rings (SSSR count). The minimum atomic E-state index is 0.109. The number of benzene rings is 1. The predicted octanol–water partition coefficient (Wildman–Crippen LogP) is 3.28. The average Bonchev–Trinajstić information content (AvgIpc) is 2.29. The Labute approximate surface area is 107 Å². The van der Waals surface area contributed by atoms with Crippen LogP contribution in [0.15, 0.2) is 16.9 Å². The third-order valence-electron chi connectivity index (χ3n) is 3.33. The fourth-order valence-corrected chi connectivity index (χ4v) is 2.48. The lowest BCUT2D eigenvalue weighted by molar-refractivity contribution is 0.415. The van der Waals surface area contributed by atoms with E-state index in [0.29, 0.717) is 5.39 Å². The van der Waals surface area contributed by atoms with E-state index in [4.69, 9.17) is 4.74 Å². The molecule has 1 heterocycles. The zero-order valence-electron chi connectivity index (χ0n) is 11.5. The lowest BCUT2D eigenvalue weighted by Crippen LogP contribution is -2.15. The van der Waals surface area contributed by atoms with Crippen LogP contribution >= 0.6 is 0 Å². The molecule has 0 fully saturated rings. The molecule has 1 aromatic heterocycles. The van der Waals surface area contributed by atoms with Crippen molar-refractivity contribution in [3.63, 3.8) is 0 Å². The maximum atomic E-state index is 12.5. The summed E-state index contributed by atoms with van der Waals surface area (Å²) in [5, 5.41) is 0.709. The molecular weight excluding hydrogens is 226 g/mol. The molecule has 0 radical (unpaired) electrons. The summed E-state index contributed by atoms with van der Waals surface area (Å²) in [7, 11) is 1.62. The van der Waals surface area contributed by atoms with Gasteiger partial charge >= 0.3 is 0 Å². The van der Waals surface area contributed by atoms with Gasteiger partial charge in [-0.05, 0) is 37.5 Å². The first kappa shape index (κ1) is 12.7. The minimum Gasteiger partial charge on any atom is -0.497 e. The van der Waals surface area contributed by atoms with Crippen LogP contribution in [0.5, 0.6) is 5.75 Å². The molecule has 1 N–H and O–H groups in total. The summed E-state index contributed by atoms with van der Waals surface area (Å²) in [6.07, 6.45) is 0. The number of aromatic nitrogens is 1. The van der Waals surface area contributed by atoms with E-state index in [1.807, 2.05) is 39.8 Å². The lowest BCUT2D eigenvalue weighted by atomic mass is 9.98. The minimum absolute atomic E-state index is 0.109. The van der Waals surface area contributed by atoms with Gasteiger partial charge in [0.15, 0.2) is 5.43 Å². The first-order chi connectivity index (χ1) is 8.45. The molecule has 3 nitrogen and oxygen atoms in total. The summed E-state index contributed by atoms with van der Waals surface area (Å²) in [5.41, 5.74) is 3.85. The summed E-state index contributed by atoms with van der Waals surface area (Å²) in [4.78, 5) is 15.9. The van der Waals surface area contributed by atoms with Gasteiger partial charge in [-0.25, -0.2) is 0 Å². The zero-order chi connectivity index (χ0) is 13.4. The van der Waals surface area contributed by atoms with Crippen molar-refractivity contribution in [2.75, 3.05) is 7.11 Å². The van der Waals surface area contributed by atoms with E-state index in [9.17, 15) is 4.79 Å². The number of methoxy groups -OCH3 is 1. The molecule has 0 bridgehead atoms. The molecule has 18 heavy (non-hydrogen) atoms. The standard InChI is InChI=1S/C15H19NO2/c1-8(2)13-10(4)16-14-9(3)6-11(18-5)7-12(14)15(13)17/h6-8H,1-5H3,(H,16,17). The SMILES string of the molecule is COc1cc(C)c2[nH]c(C)c(C(C)C)c(=O)c2c1. The van der Waals surface area contributed by atoms with E-state index >= 15 is 0 Å².